The van der Waals surface area contributed by atoms with Gasteiger partial charge in [-0.1, -0.05) is 0 Å². The van der Waals surface area contributed by atoms with Crippen molar-refractivity contribution >= 4 is 17.9 Å². The number of nitrogens with two attached hydrogens (primary N) is 4. The van der Waals surface area contributed by atoms with Gasteiger partial charge in [0.15, 0.2) is 12.1 Å². The SMILES string of the molecule is NCC(=O)OC(CO)COC(=O)[C@@H](N)CCCN=C(N)N. The standard InChI is InChI=1S/C11H23N5O5/c12-4-9(18)21-7(5-17)6-20-10(19)8(13)2-1-3-16-11(14)15/h7-8,17H,1-6,12-13H2,(H4,14,15,16)/t7?,8-/m0/s1. The van der Waals surface area contributed by atoms with E-state index in [9.17, 15) is 9.59 Å². The first-order valence-corrected chi connectivity index (χ1v) is 6.38. The largest absolute Gasteiger partial charge is 0.460 e. The van der Waals surface area contributed by atoms with Crippen LogP contribution >= 0.6 is 0 Å². The summed E-state index contributed by atoms with van der Waals surface area (Å²) in [5, 5.41) is 8.97. The van der Waals surface area contributed by atoms with Crippen LogP contribution in [-0.4, -0.2) is 61.5 Å². The summed E-state index contributed by atoms with van der Waals surface area (Å²) in [7, 11) is 0. The number of aliphatic imine (C=N–C) groups is 1. The van der Waals surface area contributed by atoms with Crippen LogP contribution in [0.15, 0.2) is 4.99 Å². The number of rotatable bonds is 10. The molecule has 0 amide bonds. The summed E-state index contributed by atoms with van der Waals surface area (Å²) >= 11 is 0. The molecule has 0 heterocycles. The molecule has 10 heteroatoms. The highest BCUT2D eigenvalue weighted by molar-refractivity contribution is 5.76. The van der Waals surface area contributed by atoms with Gasteiger partial charge in [0, 0.05) is 6.54 Å². The molecule has 122 valence electrons. The number of nitrogens with zero attached hydrogens (tertiary/aromatic N) is 1. The molecule has 2 atom stereocenters. The first kappa shape index (κ1) is 19.1. The van der Waals surface area contributed by atoms with E-state index in [0.717, 1.165) is 0 Å². The molecule has 0 rings (SSSR count). The normalized spacial score (nSPS) is 13.1. The lowest BCUT2D eigenvalue weighted by molar-refractivity contribution is -0.161. The minimum absolute atomic E-state index is 0.0290. The highest BCUT2D eigenvalue weighted by Gasteiger charge is 2.19. The summed E-state index contributed by atoms with van der Waals surface area (Å²) in [5.41, 5.74) is 21.0. The van der Waals surface area contributed by atoms with Gasteiger partial charge in [-0.15, -0.1) is 0 Å². The fraction of sp³-hybridized carbons (Fsp3) is 0.727. The van der Waals surface area contributed by atoms with Crippen molar-refractivity contribution in [3.05, 3.63) is 0 Å². The Morgan fingerprint density at radius 1 is 1.29 bits per heavy atom. The van der Waals surface area contributed by atoms with E-state index < -0.39 is 30.7 Å². The first-order chi connectivity index (χ1) is 9.90. The summed E-state index contributed by atoms with van der Waals surface area (Å²) in [6.07, 6.45) is -0.110. The molecule has 9 N–H and O–H groups in total. The third-order valence-corrected chi connectivity index (χ3v) is 2.35. The maximum absolute atomic E-state index is 11.6. The Morgan fingerprint density at radius 3 is 2.48 bits per heavy atom. The summed E-state index contributed by atoms with van der Waals surface area (Å²) in [6, 6.07) is -0.844. The molecule has 0 radical (unpaired) electrons. The van der Waals surface area contributed by atoms with E-state index in [2.05, 4.69) is 4.99 Å². The van der Waals surface area contributed by atoms with Crippen molar-refractivity contribution in [3.63, 3.8) is 0 Å². The Kier molecular flexibility index (Phi) is 9.84. The van der Waals surface area contributed by atoms with Crippen LogP contribution in [0.4, 0.5) is 0 Å². The molecule has 0 aliphatic carbocycles. The fourth-order valence-corrected chi connectivity index (χ4v) is 1.28. The molecule has 21 heavy (non-hydrogen) atoms. The molecule has 0 aliphatic heterocycles. The average Bonchev–Trinajstić information content (AvgIpc) is 2.46. The van der Waals surface area contributed by atoms with Crippen LogP contribution in [-0.2, 0) is 19.1 Å². The molecule has 0 bridgehead atoms. The third kappa shape index (κ3) is 9.60. The van der Waals surface area contributed by atoms with Crippen LogP contribution in [0.1, 0.15) is 12.8 Å². The van der Waals surface area contributed by atoms with Crippen molar-refractivity contribution in [2.45, 2.75) is 25.0 Å². The van der Waals surface area contributed by atoms with Crippen molar-refractivity contribution in [3.8, 4) is 0 Å². The first-order valence-electron chi connectivity index (χ1n) is 6.38. The summed E-state index contributed by atoms with van der Waals surface area (Å²) in [6.45, 7) is -0.743. The number of aliphatic hydroxyl groups excluding tert-OH is 1. The number of aliphatic hydroxyl groups is 1. The van der Waals surface area contributed by atoms with Crippen LogP contribution in [0.25, 0.3) is 0 Å². The lowest BCUT2D eigenvalue weighted by Gasteiger charge is -2.17. The molecule has 10 nitrogen and oxygen atoms in total. The molecule has 0 aromatic carbocycles. The van der Waals surface area contributed by atoms with Gasteiger partial charge in [0.05, 0.1) is 13.2 Å². The van der Waals surface area contributed by atoms with Gasteiger partial charge < -0.3 is 37.5 Å². The van der Waals surface area contributed by atoms with E-state index in [1.54, 1.807) is 0 Å². The van der Waals surface area contributed by atoms with E-state index in [4.69, 9.17) is 37.5 Å². The predicted octanol–water partition coefficient (Wildman–Crippen LogP) is -3.23. The van der Waals surface area contributed by atoms with Crippen molar-refractivity contribution in [2.75, 3.05) is 26.3 Å². The number of carbonyl (C=O) groups is 2. The van der Waals surface area contributed by atoms with E-state index in [0.29, 0.717) is 19.4 Å². The quantitative estimate of drug-likeness (QED) is 0.119. The second-order valence-corrected chi connectivity index (χ2v) is 4.18. The molecular weight excluding hydrogens is 282 g/mol. The van der Waals surface area contributed by atoms with Gasteiger partial charge in [-0.05, 0) is 12.8 Å². The lowest BCUT2D eigenvalue weighted by atomic mass is 10.2. The topological polar surface area (TPSA) is 189 Å². The van der Waals surface area contributed by atoms with Gasteiger partial charge in [-0.3, -0.25) is 14.6 Å². The van der Waals surface area contributed by atoms with Gasteiger partial charge >= 0.3 is 11.9 Å². The maximum Gasteiger partial charge on any atom is 0.323 e. The van der Waals surface area contributed by atoms with Gasteiger partial charge in [0.2, 0.25) is 0 Å². The van der Waals surface area contributed by atoms with E-state index in [1.807, 2.05) is 0 Å². The summed E-state index contributed by atoms with van der Waals surface area (Å²) < 4.78 is 9.58. The van der Waals surface area contributed by atoms with Gasteiger partial charge in [-0.2, -0.15) is 0 Å². The zero-order chi connectivity index (χ0) is 16.3. The zero-order valence-electron chi connectivity index (χ0n) is 11.7. The Labute approximate surface area is 122 Å². The predicted molar refractivity (Wildman–Crippen MR) is 74.9 cm³/mol. The third-order valence-electron chi connectivity index (χ3n) is 2.35. The van der Waals surface area contributed by atoms with Crippen molar-refractivity contribution < 1.29 is 24.2 Å². The molecule has 0 saturated heterocycles. The molecule has 1 unspecified atom stereocenters. The molecular formula is C11H23N5O5. The Bertz CT molecular complexity index is 359. The van der Waals surface area contributed by atoms with Crippen LogP contribution in [0, 0.1) is 0 Å². The van der Waals surface area contributed by atoms with Crippen LogP contribution < -0.4 is 22.9 Å². The minimum atomic E-state index is -0.959. The molecule has 0 spiro atoms. The van der Waals surface area contributed by atoms with Crippen molar-refractivity contribution in [1.82, 2.24) is 0 Å². The molecule has 0 aromatic heterocycles. The molecule has 0 saturated carbocycles. The molecule has 0 aliphatic rings. The lowest BCUT2D eigenvalue weighted by Crippen LogP contribution is -2.36. The Hall–Kier alpha value is -1.91. The number of carbonyl (C=O) groups excluding carboxylic acids is 2. The summed E-state index contributed by atoms with van der Waals surface area (Å²) in [4.78, 5) is 26.2. The minimum Gasteiger partial charge on any atom is -0.460 e. The number of hydrogen-bond donors (Lipinski definition) is 5. The highest BCUT2D eigenvalue weighted by Crippen LogP contribution is 2.00. The number of guanidine groups is 1. The Morgan fingerprint density at radius 2 is 1.95 bits per heavy atom. The highest BCUT2D eigenvalue weighted by atomic mass is 16.6. The van der Waals surface area contributed by atoms with Crippen molar-refractivity contribution in [2.24, 2.45) is 27.9 Å². The van der Waals surface area contributed by atoms with Crippen LogP contribution in [0.2, 0.25) is 0 Å². The second kappa shape index (κ2) is 10.8. The number of esters is 2. The second-order valence-electron chi connectivity index (χ2n) is 4.18. The van der Waals surface area contributed by atoms with Gasteiger partial charge in [0.1, 0.15) is 12.6 Å². The molecule has 0 aromatic rings. The van der Waals surface area contributed by atoms with Gasteiger partial charge in [0.25, 0.3) is 0 Å². The fourth-order valence-electron chi connectivity index (χ4n) is 1.28. The van der Waals surface area contributed by atoms with E-state index >= 15 is 0 Å². The van der Waals surface area contributed by atoms with Crippen LogP contribution in [0.3, 0.4) is 0 Å². The monoisotopic (exact) mass is 305 g/mol. The maximum atomic E-state index is 11.6. The van der Waals surface area contributed by atoms with E-state index in [-0.39, 0.29) is 19.1 Å². The zero-order valence-corrected chi connectivity index (χ0v) is 11.7. The Balaban J connectivity index is 3.99. The van der Waals surface area contributed by atoms with Crippen LogP contribution in [0.5, 0.6) is 0 Å². The number of ether oxygens (including phenoxy) is 2. The smallest absolute Gasteiger partial charge is 0.323 e. The number of hydrogen-bond acceptors (Lipinski definition) is 8. The molecule has 0 fully saturated rings. The average molecular weight is 305 g/mol. The summed E-state index contributed by atoms with van der Waals surface area (Å²) in [5.74, 6) is -1.40. The van der Waals surface area contributed by atoms with E-state index in [1.165, 1.54) is 0 Å². The van der Waals surface area contributed by atoms with Gasteiger partial charge in [-0.25, -0.2) is 0 Å². The van der Waals surface area contributed by atoms with Crippen molar-refractivity contribution in [1.29, 1.82) is 0 Å².